The third-order valence-corrected chi connectivity index (χ3v) is 3.03. The first-order valence-electron chi connectivity index (χ1n) is 6.68. The summed E-state index contributed by atoms with van der Waals surface area (Å²) in [5, 5.41) is 0. The zero-order valence-corrected chi connectivity index (χ0v) is 12.2. The maximum absolute atomic E-state index is 6.11. The number of anilines is 1. The van der Waals surface area contributed by atoms with E-state index in [1.807, 2.05) is 19.1 Å². The Bertz CT molecular complexity index is 375. The Kier molecular flexibility index (Phi) is 5.48. The van der Waals surface area contributed by atoms with Crippen molar-refractivity contribution in [2.45, 2.75) is 33.7 Å². The van der Waals surface area contributed by atoms with Gasteiger partial charge in [-0.3, -0.25) is 0 Å². The summed E-state index contributed by atoms with van der Waals surface area (Å²) in [5.41, 5.74) is 8.40. The number of hydrogen-bond acceptors (Lipinski definition) is 3. The third-order valence-electron chi connectivity index (χ3n) is 3.03. The van der Waals surface area contributed by atoms with Crippen molar-refractivity contribution in [1.82, 2.24) is 0 Å². The van der Waals surface area contributed by atoms with Crippen molar-refractivity contribution in [2.75, 3.05) is 25.1 Å². The molecule has 18 heavy (non-hydrogen) atoms. The topological polar surface area (TPSA) is 38.5 Å². The number of hydrogen-bond donors (Lipinski definition) is 1. The van der Waals surface area contributed by atoms with Crippen LogP contribution in [0.25, 0.3) is 0 Å². The van der Waals surface area contributed by atoms with Crippen molar-refractivity contribution in [1.29, 1.82) is 0 Å². The number of benzene rings is 1. The van der Waals surface area contributed by atoms with Crippen molar-refractivity contribution < 1.29 is 4.74 Å². The molecule has 1 aromatic rings. The van der Waals surface area contributed by atoms with Crippen LogP contribution in [-0.4, -0.2) is 20.2 Å². The molecule has 0 saturated carbocycles. The maximum Gasteiger partial charge on any atom is 0.125 e. The van der Waals surface area contributed by atoms with Crippen LogP contribution in [0.3, 0.4) is 0 Å². The molecule has 3 heteroatoms. The second-order valence-electron chi connectivity index (χ2n) is 5.11. The Labute approximate surface area is 111 Å². The summed E-state index contributed by atoms with van der Waals surface area (Å²) in [7, 11) is 1.70. The first kappa shape index (κ1) is 14.8. The van der Waals surface area contributed by atoms with Gasteiger partial charge in [0.05, 0.1) is 7.11 Å². The second-order valence-corrected chi connectivity index (χ2v) is 5.11. The minimum absolute atomic E-state index is 0.0302. The number of methoxy groups -OCH3 is 1. The van der Waals surface area contributed by atoms with E-state index in [-0.39, 0.29) is 6.04 Å². The SMILES string of the molecule is CCN(CC(C)C)c1cccc(OC)c1C(C)N. The van der Waals surface area contributed by atoms with Gasteiger partial charge in [0.15, 0.2) is 0 Å². The van der Waals surface area contributed by atoms with Gasteiger partial charge in [-0.1, -0.05) is 19.9 Å². The average Bonchev–Trinajstić information content (AvgIpc) is 2.34. The van der Waals surface area contributed by atoms with Crippen LogP contribution in [0.1, 0.15) is 39.3 Å². The van der Waals surface area contributed by atoms with E-state index in [1.54, 1.807) is 7.11 Å². The lowest BCUT2D eigenvalue weighted by Crippen LogP contribution is -2.29. The highest BCUT2D eigenvalue weighted by Crippen LogP contribution is 2.33. The fourth-order valence-corrected chi connectivity index (χ4v) is 2.28. The fourth-order valence-electron chi connectivity index (χ4n) is 2.28. The summed E-state index contributed by atoms with van der Waals surface area (Å²) in [4.78, 5) is 2.37. The van der Waals surface area contributed by atoms with Gasteiger partial charge in [0.1, 0.15) is 5.75 Å². The van der Waals surface area contributed by atoms with E-state index in [2.05, 4.69) is 31.7 Å². The molecule has 0 bridgehead atoms. The minimum Gasteiger partial charge on any atom is -0.496 e. The molecule has 3 nitrogen and oxygen atoms in total. The van der Waals surface area contributed by atoms with Crippen LogP contribution < -0.4 is 15.4 Å². The first-order valence-corrected chi connectivity index (χ1v) is 6.68. The molecular weight excluding hydrogens is 224 g/mol. The maximum atomic E-state index is 6.11. The molecule has 102 valence electrons. The van der Waals surface area contributed by atoms with E-state index in [4.69, 9.17) is 10.5 Å². The van der Waals surface area contributed by atoms with Crippen LogP contribution >= 0.6 is 0 Å². The lowest BCUT2D eigenvalue weighted by atomic mass is 10.0. The van der Waals surface area contributed by atoms with Gasteiger partial charge in [-0.15, -0.1) is 0 Å². The smallest absolute Gasteiger partial charge is 0.125 e. The summed E-state index contributed by atoms with van der Waals surface area (Å²) in [6.45, 7) is 10.6. The van der Waals surface area contributed by atoms with Gasteiger partial charge < -0.3 is 15.4 Å². The van der Waals surface area contributed by atoms with Gasteiger partial charge in [0.25, 0.3) is 0 Å². The zero-order valence-electron chi connectivity index (χ0n) is 12.2. The van der Waals surface area contributed by atoms with E-state index in [9.17, 15) is 0 Å². The number of nitrogens with two attached hydrogens (primary N) is 1. The molecule has 0 aliphatic heterocycles. The van der Waals surface area contributed by atoms with Crippen molar-refractivity contribution in [2.24, 2.45) is 11.7 Å². The lowest BCUT2D eigenvalue weighted by molar-refractivity contribution is 0.406. The highest BCUT2D eigenvalue weighted by molar-refractivity contribution is 5.60. The number of rotatable bonds is 6. The van der Waals surface area contributed by atoms with E-state index >= 15 is 0 Å². The Morgan fingerprint density at radius 1 is 1.28 bits per heavy atom. The van der Waals surface area contributed by atoms with Gasteiger partial charge in [0, 0.05) is 30.4 Å². The number of ether oxygens (including phenoxy) is 1. The largest absolute Gasteiger partial charge is 0.496 e. The molecule has 0 aliphatic rings. The lowest BCUT2D eigenvalue weighted by Gasteiger charge is -2.29. The fraction of sp³-hybridized carbons (Fsp3) is 0.600. The predicted octanol–water partition coefficient (Wildman–Crippen LogP) is 3.20. The first-order chi connectivity index (χ1) is 8.51. The molecule has 1 rings (SSSR count). The molecule has 0 amide bonds. The normalized spacial score (nSPS) is 12.6. The summed E-state index contributed by atoms with van der Waals surface area (Å²) in [6.07, 6.45) is 0. The molecule has 0 heterocycles. The summed E-state index contributed by atoms with van der Waals surface area (Å²) in [5.74, 6) is 1.50. The van der Waals surface area contributed by atoms with E-state index in [1.165, 1.54) is 5.69 Å². The Hall–Kier alpha value is -1.22. The predicted molar refractivity (Wildman–Crippen MR) is 78.3 cm³/mol. The summed E-state index contributed by atoms with van der Waals surface area (Å²) < 4.78 is 5.44. The van der Waals surface area contributed by atoms with Gasteiger partial charge in [0.2, 0.25) is 0 Å². The number of nitrogens with zero attached hydrogens (tertiary/aromatic N) is 1. The van der Waals surface area contributed by atoms with Crippen LogP contribution in [0.2, 0.25) is 0 Å². The van der Waals surface area contributed by atoms with Crippen molar-refractivity contribution in [3.05, 3.63) is 23.8 Å². The Morgan fingerprint density at radius 3 is 2.39 bits per heavy atom. The molecule has 0 spiro atoms. The van der Waals surface area contributed by atoms with E-state index in [0.717, 1.165) is 24.4 Å². The standard InChI is InChI=1S/C15H26N2O/c1-6-17(10-11(2)3)13-8-7-9-14(18-5)15(13)12(4)16/h7-9,11-12H,6,10,16H2,1-5H3. The molecule has 0 radical (unpaired) electrons. The Balaban J connectivity index is 3.20. The summed E-state index contributed by atoms with van der Waals surface area (Å²) in [6, 6.07) is 6.11. The molecule has 1 aromatic carbocycles. The monoisotopic (exact) mass is 250 g/mol. The van der Waals surface area contributed by atoms with Crippen LogP contribution in [0, 0.1) is 5.92 Å². The van der Waals surface area contributed by atoms with Gasteiger partial charge in [-0.05, 0) is 31.9 Å². The molecule has 1 unspecified atom stereocenters. The van der Waals surface area contributed by atoms with Crippen molar-refractivity contribution >= 4 is 5.69 Å². The van der Waals surface area contributed by atoms with E-state index in [0.29, 0.717) is 5.92 Å². The molecule has 0 aliphatic carbocycles. The average molecular weight is 250 g/mol. The van der Waals surface area contributed by atoms with Gasteiger partial charge in [-0.25, -0.2) is 0 Å². The molecule has 0 fully saturated rings. The Morgan fingerprint density at radius 2 is 1.94 bits per heavy atom. The zero-order chi connectivity index (χ0) is 13.7. The van der Waals surface area contributed by atoms with Gasteiger partial charge >= 0.3 is 0 Å². The van der Waals surface area contributed by atoms with Crippen molar-refractivity contribution in [3.8, 4) is 5.75 Å². The van der Waals surface area contributed by atoms with Crippen LogP contribution in [0.4, 0.5) is 5.69 Å². The molecule has 1 atom stereocenters. The molecule has 0 saturated heterocycles. The highest BCUT2D eigenvalue weighted by Gasteiger charge is 2.17. The van der Waals surface area contributed by atoms with Crippen LogP contribution in [-0.2, 0) is 0 Å². The van der Waals surface area contributed by atoms with Gasteiger partial charge in [-0.2, -0.15) is 0 Å². The minimum atomic E-state index is -0.0302. The highest BCUT2D eigenvalue weighted by atomic mass is 16.5. The quantitative estimate of drug-likeness (QED) is 0.842. The van der Waals surface area contributed by atoms with Crippen LogP contribution in [0.15, 0.2) is 18.2 Å². The van der Waals surface area contributed by atoms with E-state index < -0.39 is 0 Å². The molecule has 0 aromatic heterocycles. The second kappa shape index (κ2) is 6.64. The van der Waals surface area contributed by atoms with Crippen molar-refractivity contribution in [3.63, 3.8) is 0 Å². The van der Waals surface area contributed by atoms with Crippen LogP contribution in [0.5, 0.6) is 5.75 Å². The third kappa shape index (κ3) is 3.39. The summed E-state index contributed by atoms with van der Waals surface area (Å²) >= 11 is 0. The molecule has 2 N–H and O–H groups in total. The molecular formula is C15H26N2O.